The molecule has 0 unspecified atom stereocenters. The van der Waals surface area contributed by atoms with Gasteiger partial charge in [-0.05, 0) is 37.0 Å². The van der Waals surface area contributed by atoms with Crippen molar-refractivity contribution < 1.29 is 8.42 Å². The fourth-order valence-corrected chi connectivity index (χ4v) is 3.57. The number of nitrogens with two attached hydrogens (primary N) is 1. The number of aryl methyl sites for hydroxylation is 1. The van der Waals surface area contributed by atoms with Crippen molar-refractivity contribution in [1.29, 1.82) is 0 Å². The molecule has 5 heteroatoms. The van der Waals surface area contributed by atoms with Gasteiger partial charge in [-0.15, -0.1) is 0 Å². The van der Waals surface area contributed by atoms with Crippen LogP contribution in [0.1, 0.15) is 31.7 Å². The monoisotopic (exact) mass is 254 g/mol. The maximum atomic E-state index is 12.2. The molecule has 0 spiro atoms. The molecule has 4 nitrogen and oxygen atoms in total. The third-order valence-corrected chi connectivity index (χ3v) is 4.79. The zero-order chi connectivity index (χ0) is 12.5. The molecule has 0 radical (unpaired) electrons. The van der Waals surface area contributed by atoms with E-state index in [4.69, 9.17) is 5.73 Å². The Morgan fingerprint density at radius 1 is 1.41 bits per heavy atom. The van der Waals surface area contributed by atoms with Gasteiger partial charge in [-0.1, -0.05) is 19.4 Å². The summed E-state index contributed by atoms with van der Waals surface area (Å²) in [5, 5.41) is 0. The van der Waals surface area contributed by atoms with Crippen LogP contribution in [0.15, 0.2) is 23.1 Å². The Labute approximate surface area is 102 Å². The van der Waals surface area contributed by atoms with Crippen LogP contribution in [0.4, 0.5) is 5.69 Å². The van der Waals surface area contributed by atoms with Gasteiger partial charge in [-0.2, -0.15) is 0 Å². The number of nitrogen functional groups attached to an aromatic ring is 1. The lowest BCUT2D eigenvalue weighted by Gasteiger charge is -2.26. The Hall–Kier alpha value is -1.07. The summed E-state index contributed by atoms with van der Waals surface area (Å²) in [5.41, 5.74) is 6.96. The fraction of sp³-hybridized carbons (Fsp3) is 0.500. The number of nitrogens with one attached hydrogen (secondary N) is 1. The SMILES string of the molecule is CCc1ccc(N)cc1S(=O)(=O)NC1CCC1. The van der Waals surface area contributed by atoms with E-state index < -0.39 is 10.0 Å². The molecule has 1 aromatic carbocycles. The zero-order valence-corrected chi connectivity index (χ0v) is 10.8. The van der Waals surface area contributed by atoms with Crippen molar-refractivity contribution in [3.05, 3.63) is 23.8 Å². The summed E-state index contributed by atoms with van der Waals surface area (Å²) < 4.78 is 27.1. The van der Waals surface area contributed by atoms with Crippen LogP contribution in [0, 0.1) is 0 Å². The summed E-state index contributed by atoms with van der Waals surface area (Å²) in [4.78, 5) is 0.326. The molecule has 1 fully saturated rings. The molecular weight excluding hydrogens is 236 g/mol. The van der Waals surface area contributed by atoms with E-state index in [0.29, 0.717) is 17.0 Å². The van der Waals surface area contributed by atoms with Gasteiger partial charge in [0.15, 0.2) is 0 Å². The van der Waals surface area contributed by atoms with E-state index in [-0.39, 0.29) is 6.04 Å². The molecule has 1 aliphatic rings. The number of rotatable bonds is 4. The Bertz CT molecular complexity index is 507. The molecule has 0 amide bonds. The van der Waals surface area contributed by atoms with Crippen LogP contribution in [0.5, 0.6) is 0 Å². The van der Waals surface area contributed by atoms with Crippen LogP contribution in [0.2, 0.25) is 0 Å². The Morgan fingerprint density at radius 2 is 2.12 bits per heavy atom. The topological polar surface area (TPSA) is 72.2 Å². The fourth-order valence-electron chi connectivity index (χ4n) is 1.92. The van der Waals surface area contributed by atoms with Crippen LogP contribution in [0.25, 0.3) is 0 Å². The van der Waals surface area contributed by atoms with Crippen LogP contribution in [-0.4, -0.2) is 14.5 Å². The first-order valence-corrected chi connectivity index (χ1v) is 7.42. The second-order valence-electron chi connectivity index (χ2n) is 4.47. The lowest BCUT2D eigenvalue weighted by Crippen LogP contribution is -2.39. The molecule has 0 heterocycles. The van der Waals surface area contributed by atoms with Gasteiger partial charge >= 0.3 is 0 Å². The molecule has 94 valence electrons. The standard InChI is InChI=1S/C12H18N2O2S/c1-2-9-6-7-10(13)8-12(9)17(15,16)14-11-4-3-5-11/h6-8,11,14H,2-5,13H2,1H3. The van der Waals surface area contributed by atoms with Crippen molar-refractivity contribution in [2.45, 2.75) is 43.5 Å². The predicted octanol–water partition coefficient (Wildman–Crippen LogP) is 1.66. The summed E-state index contributed by atoms with van der Waals surface area (Å²) in [5.74, 6) is 0. The van der Waals surface area contributed by atoms with Gasteiger partial charge in [-0.25, -0.2) is 13.1 Å². The highest BCUT2D eigenvalue weighted by atomic mass is 32.2. The normalized spacial score (nSPS) is 16.8. The molecule has 2 rings (SSSR count). The van der Waals surface area contributed by atoms with Crippen molar-refractivity contribution in [3.8, 4) is 0 Å². The van der Waals surface area contributed by atoms with Crippen molar-refractivity contribution >= 4 is 15.7 Å². The largest absolute Gasteiger partial charge is 0.399 e. The molecule has 3 N–H and O–H groups in total. The summed E-state index contributed by atoms with van der Waals surface area (Å²) in [6.07, 6.45) is 3.65. The van der Waals surface area contributed by atoms with Gasteiger partial charge in [0.1, 0.15) is 0 Å². The van der Waals surface area contributed by atoms with Crippen molar-refractivity contribution in [2.75, 3.05) is 5.73 Å². The van der Waals surface area contributed by atoms with Gasteiger partial charge in [0.25, 0.3) is 0 Å². The van der Waals surface area contributed by atoms with E-state index in [9.17, 15) is 8.42 Å². The molecule has 0 atom stereocenters. The summed E-state index contributed by atoms with van der Waals surface area (Å²) >= 11 is 0. The second-order valence-corrected chi connectivity index (χ2v) is 6.15. The van der Waals surface area contributed by atoms with Crippen LogP contribution >= 0.6 is 0 Å². The zero-order valence-electron chi connectivity index (χ0n) is 9.94. The lowest BCUT2D eigenvalue weighted by atomic mass is 9.94. The number of benzene rings is 1. The molecule has 0 bridgehead atoms. The molecule has 1 saturated carbocycles. The Morgan fingerprint density at radius 3 is 2.65 bits per heavy atom. The number of hydrogen-bond acceptors (Lipinski definition) is 3. The minimum atomic E-state index is -3.42. The van der Waals surface area contributed by atoms with Gasteiger partial charge in [-0.3, -0.25) is 0 Å². The van der Waals surface area contributed by atoms with E-state index in [2.05, 4.69) is 4.72 Å². The first kappa shape index (κ1) is 12.4. The number of anilines is 1. The van der Waals surface area contributed by atoms with E-state index in [0.717, 1.165) is 24.8 Å². The first-order chi connectivity index (χ1) is 8.03. The van der Waals surface area contributed by atoms with Crippen molar-refractivity contribution in [3.63, 3.8) is 0 Å². The van der Waals surface area contributed by atoms with Crippen molar-refractivity contribution in [1.82, 2.24) is 4.72 Å². The summed E-state index contributed by atoms with van der Waals surface area (Å²) in [6.45, 7) is 1.94. The molecule has 0 saturated heterocycles. The molecule has 0 aliphatic heterocycles. The minimum Gasteiger partial charge on any atom is -0.399 e. The average Bonchev–Trinajstić information content (AvgIpc) is 2.24. The van der Waals surface area contributed by atoms with Gasteiger partial charge in [0.05, 0.1) is 4.90 Å². The van der Waals surface area contributed by atoms with Crippen LogP contribution < -0.4 is 10.5 Å². The van der Waals surface area contributed by atoms with E-state index in [1.54, 1.807) is 18.2 Å². The highest BCUT2D eigenvalue weighted by molar-refractivity contribution is 7.89. The molecular formula is C12H18N2O2S. The van der Waals surface area contributed by atoms with Crippen LogP contribution in [-0.2, 0) is 16.4 Å². The smallest absolute Gasteiger partial charge is 0.241 e. The summed E-state index contributed by atoms with van der Waals surface area (Å²) in [7, 11) is -3.42. The molecule has 1 aliphatic carbocycles. The van der Waals surface area contributed by atoms with E-state index in [1.807, 2.05) is 6.92 Å². The highest BCUT2D eigenvalue weighted by Crippen LogP contribution is 2.24. The molecule has 1 aromatic rings. The maximum absolute atomic E-state index is 12.2. The lowest BCUT2D eigenvalue weighted by molar-refractivity contribution is 0.383. The van der Waals surface area contributed by atoms with Crippen molar-refractivity contribution in [2.24, 2.45) is 0 Å². The third-order valence-electron chi connectivity index (χ3n) is 3.19. The predicted molar refractivity (Wildman–Crippen MR) is 68.2 cm³/mol. The Balaban J connectivity index is 2.33. The van der Waals surface area contributed by atoms with Gasteiger partial charge in [0, 0.05) is 11.7 Å². The molecule has 0 aromatic heterocycles. The van der Waals surface area contributed by atoms with E-state index in [1.165, 1.54) is 0 Å². The first-order valence-electron chi connectivity index (χ1n) is 5.93. The van der Waals surface area contributed by atoms with Gasteiger partial charge < -0.3 is 5.73 Å². The quantitative estimate of drug-likeness (QED) is 0.803. The minimum absolute atomic E-state index is 0.103. The second kappa shape index (κ2) is 4.66. The number of sulfonamides is 1. The maximum Gasteiger partial charge on any atom is 0.241 e. The summed E-state index contributed by atoms with van der Waals surface area (Å²) in [6, 6.07) is 5.16. The van der Waals surface area contributed by atoms with E-state index >= 15 is 0 Å². The average molecular weight is 254 g/mol. The Kier molecular flexibility index (Phi) is 3.40. The highest BCUT2D eigenvalue weighted by Gasteiger charge is 2.26. The van der Waals surface area contributed by atoms with Gasteiger partial charge in [0.2, 0.25) is 10.0 Å². The number of hydrogen-bond donors (Lipinski definition) is 2. The third kappa shape index (κ3) is 2.61. The molecule has 17 heavy (non-hydrogen) atoms. The van der Waals surface area contributed by atoms with Crippen LogP contribution in [0.3, 0.4) is 0 Å².